The minimum Gasteiger partial charge on any atom is -0.404 e. The molecule has 3 rings (SSSR count). The first-order chi connectivity index (χ1) is 12.0. The maximum Gasteiger partial charge on any atom is 0.261 e. The molecule has 1 aliphatic rings. The summed E-state index contributed by atoms with van der Waals surface area (Å²) in [5.41, 5.74) is 0. The predicted octanol–water partition coefficient (Wildman–Crippen LogP) is 4.12. The van der Waals surface area contributed by atoms with Crippen LogP contribution < -0.4 is 10.4 Å². The highest BCUT2D eigenvalue weighted by atomic mass is 79.9. The lowest BCUT2D eigenvalue weighted by Gasteiger charge is -2.45. The van der Waals surface area contributed by atoms with E-state index < -0.39 is 8.32 Å². The van der Waals surface area contributed by atoms with Gasteiger partial charge in [-0.05, 0) is 15.4 Å². The smallest absolute Gasteiger partial charge is 0.261 e. The molecule has 2 aromatic rings. The molecule has 0 unspecified atom stereocenters. The van der Waals surface area contributed by atoms with Gasteiger partial charge < -0.3 is 9.16 Å². The van der Waals surface area contributed by atoms with E-state index in [0.717, 1.165) is 18.4 Å². The van der Waals surface area contributed by atoms with Crippen LogP contribution in [0.2, 0.25) is 5.04 Å². The highest BCUT2D eigenvalue weighted by Gasteiger charge is 2.51. The summed E-state index contributed by atoms with van der Waals surface area (Å²) in [6.07, 6.45) is 1.47. The molecule has 1 aliphatic heterocycles. The molecule has 1 saturated heterocycles. The first-order valence-electron chi connectivity index (χ1n) is 8.94. The number of hydrogen-bond donors (Lipinski definition) is 0. The van der Waals surface area contributed by atoms with Crippen molar-refractivity contribution < 1.29 is 9.16 Å². The predicted molar refractivity (Wildman–Crippen MR) is 111 cm³/mol. The second-order valence-corrected chi connectivity index (χ2v) is 12.6. The number of hydrogen-bond acceptors (Lipinski definition) is 2. The first-order valence-corrected chi connectivity index (χ1v) is 12.0. The Morgan fingerprint density at radius 3 is 1.88 bits per heavy atom. The Balaban J connectivity index is 2.10. The van der Waals surface area contributed by atoms with Gasteiger partial charge in [-0.3, -0.25) is 0 Å². The maximum absolute atomic E-state index is 7.09. The highest BCUT2D eigenvalue weighted by molar-refractivity contribution is 9.09. The van der Waals surface area contributed by atoms with Crippen LogP contribution in [-0.4, -0.2) is 32.5 Å². The van der Waals surface area contributed by atoms with E-state index in [1.165, 1.54) is 10.4 Å². The average Bonchev–Trinajstić information content (AvgIpc) is 3.43. The lowest BCUT2D eigenvalue weighted by atomic mass is 10.2. The molecule has 2 nitrogen and oxygen atoms in total. The van der Waals surface area contributed by atoms with E-state index in [-0.39, 0.29) is 11.1 Å². The van der Waals surface area contributed by atoms with Gasteiger partial charge in [0, 0.05) is 11.8 Å². The molecule has 0 bridgehead atoms. The van der Waals surface area contributed by atoms with E-state index >= 15 is 0 Å². The largest absolute Gasteiger partial charge is 0.404 e. The summed E-state index contributed by atoms with van der Waals surface area (Å²) in [6, 6.07) is 21.6. The van der Waals surface area contributed by atoms with Crippen LogP contribution in [0.15, 0.2) is 60.7 Å². The lowest BCUT2D eigenvalue weighted by molar-refractivity contribution is 0.187. The molecule has 0 N–H and O–H groups in total. The van der Waals surface area contributed by atoms with Crippen LogP contribution >= 0.6 is 15.9 Å². The molecule has 1 heterocycles. The molecular weight excluding hydrogens is 392 g/mol. The summed E-state index contributed by atoms with van der Waals surface area (Å²) in [7, 11) is -2.46. The summed E-state index contributed by atoms with van der Waals surface area (Å²) >= 11 is 3.68. The first kappa shape index (κ1) is 18.8. The van der Waals surface area contributed by atoms with E-state index in [1.54, 1.807) is 0 Å². The number of alkyl halides is 1. The molecule has 25 heavy (non-hydrogen) atoms. The van der Waals surface area contributed by atoms with Gasteiger partial charge in [-0.25, -0.2) is 0 Å². The fraction of sp³-hybridized carbons (Fsp3) is 0.429. The Hall–Kier alpha value is -0.943. The Morgan fingerprint density at radius 2 is 1.52 bits per heavy atom. The van der Waals surface area contributed by atoms with E-state index in [0.29, 0.717) is 6.10 Å². The van der Waals surface area contributed by atoms with Gasteiger partial charge in [0.2, 0.25) is 0 Å². The van der Waals surface area contributed by atoms with E-state index in [9.17, 15) is 0 Å². The average molecular weight is 419 g/mol. The van der Waals surface area contributed by atoms with Crippen LogP contribution in [0.25, 0.3) is 0 Å². The van der Waals surface area contributed by atoms with Gasteiger partial charge in [-0.15, -0.1) is 0 Å². The molecular formula is C21H27BrO2Si. The number of halogens is 1. The normalized spacial score (nSPS) is 18.8. The van der Waals surface area contributed by atoms with Gasteiger partial charge in [0.1, 0.15) is 0 Å². The van der Waals surface area contributed by atoms with Gasteiger partial charge in [-0.2, -0.15) is 0 Å². The molecule has 1 fully saturated rings. The highest BCUT2D eigenvalue weighted by Crippen LogP contribution is 2.38. The Bertz CT molecular complexity index is 626. The Labute approximate surface area is 160 Å². The SMILES string of the molecule is CC(C)(C)[Si](O[C@H](CBr)C[C@H]1CO1)(c1ccccc1)c1ccccc1. The van der Waals surface area contributed by atoms with Gasteiger partial charge in [0.15, 0.2) is 0 Å². The minimum atomic E-state index is -2.46. The summed E-state index contributed by atoms with van der Waals surface area (Å²) in [5, 5.41) is 3.51. The van der Waals surface area contributed by atoms with E-state index in [2.05, 4.69) is 97.4 Å². The lowest BCUT2D eigenvalue weighted by Crippen LogP contribution is -2.68. The van der Waals surface area contributed by atoms with Crippen LogP contribution in [0.1, 0.15) is 27.2 Å². The second kappa shape index (κ2) is 7.75. The summed E-state index contributed by atoms with van der Waals surface area (Å²) < 4.78 is 12.6. The summed E-state index contributed by atoms with van der Waals surface area (Å²) in [6.45, 7) is 7.82. The molecule has 2 atom stereocenters. The third-order valence-electron chi connectivity index (χ3n) is 4.86. The number of ether oxygens (including phenoxy) is 1. The van der Waals surface area contributed by atoms with Crippen molar-refractivity contribution in [3.05, 3.63) is 60.7 Å². The quantitative estimate of drug-likeness (QED) is 0.383. The molecule has 134 valence electrons. The zero-order valence-corrected chi connectivity index (χ0v) is 17.8. The Morgan fingerprint density at radius 1 is 1.04 bits per heavy atom. The molecule has 4 heteroatoms. The van der Waals surface area contributed by atoms with Crippen LogP contribution in [-0.2, 0) is 9.16 Å². The molecule has 0 saturated carbocycles. The molecule has 0 aromatic heterocycles. The van der Waals surface area contributed by atoms with E-state index in [4.69, 9.17) is 9.16 Å². The molecule has 0 spiro atoms. The second-order valence-electron chi connectivity index (χ2n) is 7.75. The fourth-order valence-electron chi connectivity index (χ4n) is 3.58. The van der Waals surface area contributed by atoms with Crippen molar-refractivity contribution >= 4 is 34.6 Å². The fourth-order valence-corrected chi connectivity index (χ4v) is 8.92. The summed E-state index contributed by atoms with van der Waals surface area (Å²) in [5.74, 6) is 0. The van der Waals surface area contributed by atoms with Crippen molar-refractivity contribution in [1.29, 1.82) is 0 Å². The minimum absolute atomic E-state index is 0.0144. The standard InChI is InChI=1S/C21H27BrO2Si/c1-21(2,3)25(19-10-6-4-7-11-19,20-12-8-5-9-13-20)24-17(15-22)14-18-16-23-18/h4-13,17-18H,14-16H2,1-3H3/t17-,18-/m0/s1. The van der Waals surface area contributed by atoms with Crippen LogP contribution in [0.4, 0.5) is 0 Å². The third kappa shape index (κ3) is 4.08. The van der Waals surface area contributed by atoms with Crippen molar-refractivity contribution in [3.8, 4) is 0 Å². The van der Waals surface area contributed by atoms with Crippen molar-refractivity contribution in [2.24, 2.45) is 0 Å². The third-order valence-corrected chi connectivity index (χ3v) is 10.7. The van der Waals surface area contributed by atoms with Crippen molar-refractivity contribution in [3.63, 3.8) is 0 Å². The van der Waals surface area contributed by atoms with Gasteiger partial charge in [-0.1, -0.05) is 97.4 Å². The topological polar surface area (TPSA) is 21.8 Å². The summed E-state index contributed by atoms with van der Waals surface area (Å²) in [4.78, 5) is 0. The molecule has 0 aliphatic carbocycles. The molecule has 0 amide bonds. The molecule has 0 radical (unpaired) electrons. The van der Waals surface area contributed by atoms with Crippen LogP contribution in [0, 0.1) is 0 Å². The van der Waals surface area contributed by atoms with Gasteiger partial charge in [0.05, 0.1) is 18.8 Å². The Kier molecular flexibility index (Phi) is 5.84. The van der Waals surface area contributed by atoms with Crippen molar-refractivity contribution in [2.75, 3.05) is 11.9 Å². The van der Waals surface area contributed by atoms with Crippen LogP contribution in [0.3, 0.4) is 0 Å². The zero-order chi connectivity index (χ0) is 17.9. The van der Waals surface area contributed by atoms with Gasteiger partial charge in [0.25, 0.3) is 8.32 Å². The van der Waals surface area contributed by atoms with Gasteiger partial charge >= 0.3 is 0 Å². The maximum atomic E-state index is 7.09. The van der Waals surface area contributed by atoms with E-state index in [1.807, 2.05) is 0 Å². The van der Waals surface area contributed by atoms with Crippen molar-refractivity contribution in [1.82, 2.24) is 0 Å². The zero-order valence-electron chi connectivity index (χ0n) is 15.2. The number of epoxide rings is 1. The number of rotatable bonds is 7. The van der Waals surface area contributed by atoms with Crippen LogP contribution in [0.5, 0.6) is 0 Å². The molecule has 2 aromatic carbocycles. The monoisotopic (exact) mass is 418 g/mol. The number of benzene rings is 2. The van der Waals surface area contributed by atoms with Crippen molar-refractivity contribution in [2.45, 2.75) is 44.4 Å².